The number of carbonyl (C=O) groups excluding carboxylic acids is 1. The second-order valence-electron chi connectivity index (χ2n) is 4.92. The molecule has 0 bridgehead atoms. The van der Waals surface area contributed by atoms with E-state index in [0.29, 0.717) is 18.1 Å². The first-order valence-corrected chi connectivity index (χ1v) is 7.25. The van der Waals surface area contributed by atoms with Crippen LogP contribution in [0.3, 0.4) is 0 Å². The predicted octanol–water partition coefficient (Wildman–Crippen LogP) is 3.76. The van der Waals surface area contributed by atoms with E-state index in [2.05, 4.69) is 11.4 Å². The fourth-order valence-corrected chi connectivity index (χ4v) is 2.24. The van der Waals surface area contributed by atoms with Gasteiger partial charge in [0.2, 0.25) is 0 Å². The quantitative estimate of drug-likeness (QED) is 0.779. The van der Waals surface area contributed by atoms with Crippen molar-refractivity contribution in [2.24, 2.45) is 0 Å². The zero-order valence-corrected chi connectivity index (χ0v) is 12.3. The number of amides is 1. The fraction of sp³-hybridized carbons (Fsp3) is 0.167. The Bertz CT molecular complexity index is 792. The van der Waals surface area contributed by atoms with Crippen LogP contribution in [0.25, 0.3) is 10.8 Å². The van der Waals surface area contributed by atoms with Crippen molar-refractivity contribution >= 4 is 16.7 Å². The monoisotopic (exact) mass is 295 g/mol. The summed E-state index contributed by atoms with van der Waals surface area (Å²) in [6.45, 7) is 2.73. The van der Waals surface area contributed by atoms with Crippen molar-refractivity contribution in [3.05, 3.63) is 66.1 Å². The van der Waals surface area contributed by atoms with Gasteiger partial charge in [0.15, 0.2) is 5.76 Å². The maximum absolute atomic E-state index is 11.6. The van der Waals surface area contributed by atoms with Crippen LogP contribution in [0.15, 0.2) is 59.0 Å². The summed E-state index contributed by atoms with van der Waals surface area (Å²) in [5.41, 5.74) is 0. The van der Waals surface area contributed by atoms with Gasteiger partial charge in [-0.1, -0.05) is 30.3 Å². The Morgan fingerprint density at radius 1 is 1.09 bits per heavy atom. The fourth-order valence-electron chi connectivity index (χ4n) is 2.24. The van der Waals surface area contributed by atoms with Crippen LogP contribution in [0.4, 0.5) is 0 Å². The van der Waals surface area contributed by atoms with Crippen LogP contribution >= 0.6 is 0 Å². The smallest absolute Gasteiger partial charge is 0.286 e. The van der Waals surface area contributed by atoms with Gasteiger partial charge in [-0.15, -0.1) is 0 Å². The summed E-state index contributed by atoms with van der Waals surface area (Å²) in [6.07, 6.45) is 0. The van der Waals surface area contributed by atoms with E-state index in [9.17, 15) is 4.79 Å². The van der Waals surface area contributed by atoms with Crippen molar-refractivity contribution in [1.29, 1.82) is 0 Å². The summed E-state index contributed by atoms with van der Waals surface area (Å²) in [4.78, 5) is 11.6. The second-order valence-corrected chi connectivity index (χ2v) is 4.92. The SMILES string of the molecule is CCNC(=O)c1ccc(COc2ccc3ccccc3c2)o1. The van der Waals surface area contributed by atoms with E-state index < -0.39 is 0 Å². The first-order chi connectivity index (χ1) is 10.8. The average molecular weight is 295 g/mol. The molecule has 2 aromatic carbocycles. The molecule has 0 aliphatic heterocycles. The molecule has 0 radical (unpaired) electrons. The summed E-state index contributed by atoms with van der Waals surface area (Å²) in [5.74, 6) is 1.49. The first-order valence-electron chi connectivity index (χ1n) is 7.25. The minimum atomic E-state index is -0.209. The highest BCUT2D eigenvalue weighted by molar-refractivity contribution is 5.91. The van der Waals surface area contributed by atoms with Gasteiger partial charge in [-0.25, -0.2) is 0 Å². The molecule has 1 heterocycles. The van der Waals surface area contributed by atoms with Crippen molar-refractivity contribution in [1.82, 2.24) is 5.32 Å². The van der Waals surface area contributed by atoms with Gasteiger partial charge in [-0.3, -0.25) is 4.79 Å². The third kappa shape index (κ3) is 3.11. The topological polar surface area (TPSA) is 51.5 Å². The van der Waals surface area contributed by atoms with Crippen LogP contribution in [0.2, 0.25) is 0 Å². The molecule has 3 aromatic rings. The van der Waals surface area contributed by atoms with E-state index in [1.807, 2.05) is 43.3 Å². The summed E-state index contributed by atoms with van der Waals surface area (Å²) in [7, 11) is 0. The lowest BCUT2D eigenvalue weighted by atomic mass is 10.1. The van der Waals surface area contributed by atoms with Gasteiger partial charge in [0.1, 0.15) is 18.1 Å². The number of furan rings is 1. The van der Waals surface area contributed by atoms with Crippen LogP contribution in [0.1, 0.15) is 23.2 Å². The van der Waals surface area contributed by atoms with Crippen LogP contribution in [0, 0.1) is 0 Å². The molecule has 0 spiro atoms. The number of fused-ring (bicyclic) bond motifs is 1. The number of nitrogens with one attached hydrogen (secondary N) is 1. The number of rotatable bonds is 5. The molecule has 0 unspecified atom stereocenters. The van der Waals surface area contributed by atoms with Gasteiger partial charge in [-0.05, 0) is 42.0 Å². The highest BCUT2D eigenvalue weighted by Crippen LogP contribution is 2.21. The third-order valence-corrected chi connectivity index (χ3v) is 3.32. The van der Waals surface area contributed by atoms with Gasteiger partial charge in [0.25, 0.3) is 5.91 Å². The lowest BCUT2D eigenvalue weighted by Gasteiger charge is -2.05. The van der Waals surface area contributed by atoms with Gasteiger partial charge in [0, 0.05) is 6.54 Å². The average Bonchev–Trinajstić information content (AvgIpc) is 3.02. The highest BCUT2D eigenvalue weighted by atomic mass is 16.5. The summed E-state index contributed by atoms with van der Waals surface area (Å²) < 4.78 is 11.2. The predicted molar refractivity (Wildman–Crippen MR) is 85.0 cm³/mol. The Labute approximate surface area is 128 Å². The molecule has 0 aliphatic carbocycles. The van der Waals surface area contributed by atoms with Crippen LogP contribution in [0.5, 0.6) is 5.75 Å². The van der Waals surface area contributed by atoms with E-state index >= 15 is 0 Å². The largest absolute Gasteiger partial charge is 0.486 e. The van der Waals surface area contributed by atoms with E-state index in [0.717, 1.165) is 11.1 Å². The molecular formula is C18H17NO3. The molecule has 1 aromatic heterocycles. The van der Waals surface area contributed by atoms with Gasteiger partial charge in [0.05, 0.1) is 0 Å². The van der Waals surface area contributed by atoms with Crippen molar-refractivity contribution in [3.63, 3.8) is 0 Å². The van der Waals surface area contributed by atoms with Crippen molar-refractivity contribution in [3.8, 4) is 5.75 Å². The Hall–Kier alpha value is -2.75. The molecule has 0 atom stereocenters. The van der Waals surface area contributed by atoms with Crippen LogP contribution in [-0.2, 0) is 6.61 Å². The molecule has 1 amide bonds. The maximum atomic E-state index is 11.6. The highest BCUT2D eigenvalue weighted by Gasteiger charge is 2.10. The summed E-state index contributed by atoms with van der Waals surface area (Å²) in [5, 5.41) is 5.00. The molecule has 3 rings (SSSR count). The van der Waals surface area contributed by atoms with Gasteiger partial charge < -0.3 is 14.5 Å². The molecule has 112 valence electrons. The Kier molecular flexibility index (Phi) is 4.10. The normalized spacial score (nSPS) is 10.6. The Morgan fingerprint density at radius 2 is 1.91 bits per heavy atom. The summed E-state index contributed by atoms with van der Waals surface area (Å²) in [6, 6.07) is 17.5. The zero-order chi connectivity index (χ0) is 15.4. The third-order valence-electron chi connectivity index (χ3n) is 3.32. The van der Waals surface area contributed by atoms with Crippen molar-refractivity contribution in [2.75, 3.05) is 6.54 Å². The molecular weight excluding hydrogens is 278 g/mol. The molecule has 0 saturated carbocycles. The molecule has 22 heavy (non-hydrogen) atoms. The minimum absolute atomic E-state index is 0.209. The van der Waals surface area contributed by atoms with Crippen molar-refractivity contribution < 1.29 is 13.9 Å². The lowest BCUT2D eigenvalue weighted by molar-refractivity contribution is 0.0924. The van der Waals surface area contributed by atoms with Crippen LogP contribution in [-0.4, -0.2) is 12.5 Å². The number of hydrogen-bond acceptors (Lipinski definition) is 3. The van der Waals surface area contributed by atoms with E-state index in [1.165, 1.54) is 5.39 Å². The molecule has 1 N–H and O–H groups in total. The number of benzene rings is 2. The maximum Gasteiger partial charge on any atom is 0.286 e. The standard InChI is InChI=1S/C18H17NO3/c1-2-19-18(20)17-10-9-16(22-17)12-21-15-8-7-13-5-3-4-6-14(13)11-15/h3-11H,2,12H2,1H3,(H,19,20). The van der Waals surface area contributed by atoms with E-state index in [-0.39, 0.29) is 12.5 Å². The zero-order valence-electron chi connectivity index (χ0n) is 12.3. The minimum Gasteiger partial charge on any atom is -0.486 e. The van der Waals surface area contributed by atoms with Gasteiger partial charge in [-0.2, -0.15) is 0 Å². The van der Waals surface area contributed by atoms with E-state index in [4.69, 9.17) is 9.15 Å². The Morgan fingerprint density at radius 3 is 2.73 bits per heavy atom. The molecule has 0 saturated heterocycles. The molecule has 4 heteroatoms. The number of hydrogen-bond donors (Lipinski definition) is 1. The van der Waals surface area contributed by atoms with Gasteiger partial charge >= 0.3 is 0 Å². The second kappa shape index (κ2) is 6.35. The van der Waals surface area contributed by atoms with Crippen molar-refractivity contribution in [2.45, 2.75) is 13.5 Å². The lowest BCUT2D eigenvalue weighted by Crippen LogP contribution is -2.21. The molecule has 0 aliphatic rings. The summed E-state index contributed by atoms with van der Waals surface area (Å²) >= 11 is 0. The molecule has 4 nitrogen and oxygen atoms in total. The van der Waals surface area contributed by atoms with Crippen LogP contribution < -0.4 is 10.1 Å². The first kappa shape index (κ1) is 14.2. The van der Waals surface area contributed by atoms with E-state index in [1.54, 1.807) is 12.1 Å². The number of ether oxygens (including phenoxy) is 1. The number of carbonyl (C=O) groups is 1. The Balaban J connectivity index is 1.67. The molecule has 0 fully saturated rings.